The monoisotopic (exact) mass is 235 g/mol. The van der Waals surface area contributed by atoms with Crippen molar-refractivity contribution in [3.8, 4) is 11.5 Å². The van der Waals surface area contributed by atoms with Crippen LogP contribution in [0.5, 0.6) is 11.5 Å². The van der Waals surface area contributed by atoms with Gasteiger partial charge < -0.3 is 14.8 Å². The van der Waals surface area contributed by atoms with Gasteiger partial charge in [-0.15, -0.1) is 0 Å². The molecule has 1 fully saturated rings. The van der Waals surface area contributed by atoms with Crippen molar-refractivity contribution in [3.63, 3.8) is 0 Å². The zero-order valence-corrected chi connectivity index (χ0v) is 10.8. The van der Waals surface area contributed by atoms with Gasteiger partial charge in [-0.25, -0.2) is 0 Å². The third kappa shape index (κ3) is 2.91. The normalized spacial score (nSPS) is 24.4. The van der Waals surface area contributed by atoms with E-state index in [2.05, 4.69) is 24.4 Å². The molecule has 0 amide bonds. The molecule has 0 aromatic heterocycles. The molecule has 3 heteroatoms. The molecular formula is C14H21NO2. The minimum atomic E-state index is 0.589. The van der Waals surface area contributed by atoms with Crippen molar-refractivity contribution in [2.75, 3.05) is 20.8 Å². The van der Waals surface area contributed by atoms with Gasteiger partial charge in [-0.3, -0.25) is 0 Å². The standard InChI is InChI=1S/C14H21NO2/c1-10-6-11(4-5-15-10)12-7-13(16-2)9-14(8-12)17-3/h7-11,15H,4-6H2,1-3H3. The maximum Gasteiger partial charge on any atom is 0.122 e. The summed E-state index contributed by atoms with van der Waals surface area (Å²) in [6.45, 7) is 3.33. The molecule has 2 atom stereocenters. The molecule has 1 N–H and O–H groups in total. The highest BCUT2D eigenvalue weighted by Crippen LogP contribution is 2.33. The van der Waals surface area contributed by atoms with Crippen LogP contribution in [0, 0.1) is 0 Å². The lowest BCUT2D eigenvalue weighted by Crippen LogP contribution is -2.34. The molecule has 2 rings (SSSR count). The Labute approximate surface area is 103 Å². The van der Waals surface area contributed by atoms with Gasteiger partial charge in [0.1, 0.15) is 11.5 Å². The Bertz CT molecular complexity index is 356. The summed E-state index contributed by atoms with van der Waals surface area (Å²) in [5.41, 5.74) is 1.33. The molecule has 1 saturated heterocycles. The molecule has 1 aromatic rings. The zero-order valence-electron chi connectivity index (χ0n) is 10.8. The molecule has 0 bridgehead atoms. The minimum Gasteiger partial charge on any atom is -0.497 e. The summed E-state index contributed by atoms with van der Waals surface area (Å²) in [7, 11) is 3.40. The van der Waals surface area contributed by atoms with E-state index in [4.69, 9.17) is 9.47 Å². The summed E-state index contributed by atoms with van der Waals surface area (Å²) in [5.74, 6) is 2.37. The van der Waals surface area contributed by atoms with E-state index >= 15 is 0 Å². The van der Waals surface area contributed by atoms with Crippen molar-refractivity contribution in [2.45, 2.75) is 31.7 Å². The predicted octanol–water partition coefficient (Wildman–Crippen LogP) is 2.56. The number of hydrogen-bond acceptors (Lipinski definition) is 3. The zero-order chi connectivity index (χ0) is 12.3. The highest BCUT2D eigenvalue weighted by atomic mass is 16.5. The summed E-state index contributed by atoms with van der Waals surface area (Å²) in [5, 5.41) is 3.48. The topological polar surface area (TPSA) is 30.5 Å². The van der Waals surface area contributed by atoms with E-state index in [0.29, 0.717) is 12.0 Å². The van der Waals surface area contributed by atoms with Crippen LogP contribution in [0.2, 0.25) is 0 Å². The maximum absolute atomic E-state index is 5.32. The van der Waals surface area contributed by atoms with Crippen LogP contribution in [-0.2, 0) is 0 Å². The van der Waals surface area contributed by atoms with Gasteiger partial charge >= 0.3 is 0 Å². The molecule has 0 saturated carbocycles. The number of piperidine rings is 1. The van der Waals surface area contributed by atoms with Crippen LogP contribution in [0.4, 0.5) is 0 Å². The molecule has 1 aromatic carbocycles. The SMILES string of the molecule is COc1cc(OC)cc(C2CCNC(C)C2)c1. The van der Waals surface area contributed by atoms with Gasteiger partial charge in [-0.2, -0.15) is 0 Å². The largest absolute Gasteiger partial charge is 0.497 e. The maximum atomic E-state index is 5.32. The predicted molar refractivity (Wildman–Crippen MR) is 69.0 cm³/mol. The van der Waals surface area contributed by atoms with E-state index in [1.807, 2.05) is 6.07 Å². The molecule has 1 heterocycles. The second-order valence-electron chi connectivity index (χ2n) is 4.72. The van der Waals surface area contributed by atoms with Gasteiger partial charge in [0.2, 0.25) is 0 Å². The minimum absolute atomic E-state index is 0.589. The average molecular weight is 235 g/mol. The quantitative estimate of drug-likeness (QED) is 0.873. The third-order valence-corrected chi connectivity index (χ3v) is 3.47. The first kappa shape index (κ1) is 12.2. The second-order valence-corrected chi connectivity index (χ2v) is 4.72. The van der Waals surface area contributed by atoms with Crippen molar-refractivity contribution >= 4 is 0 Å². The molecule has 0 aliphatic carbocycles. The fourth-order valence-corrected chi connectivity index (χ4v) is 2.50. The van der Waals surface area contributed by atoms with E-state index in [0.717, 1.165) is 18.0 Å². The van der Waals surface area contributed by atoms with E-state index < -0.39 is 0 Å². The Morgan fingerprint density at radius 1 is 1.12 bits per heavy atom. The Balaban J connectivity index is 2.23. The van der Waals surface area contributed by atoms with Crippen LogP contribution >= 0.6 is 0 Å². The van der Waals surface area contributed by atoms with Gasteiger partial charge in [0.15, 0.2) is 0 Å². The lowest BCUT2D eigenvalue weighted by Gasteiger charge is -2.28. The molecule has 1 aliphatic heterocycles. The molecule has 0 spiro atoms. The van der Waals surface area contributed by atoms with Crippen molar-refractivity contribution in [1.82, 2.24) is 5.32 Å². The Kier molecular flexibility index (Phi) is 3.89. The first-order valence-electron chi connectivity index (χ1n) is 6.19. The highest BCUT2D eigenvalue weighted by molar-refractivity contribution is 5.40. The summed E-state index contributed by atoms with van der Waals surface area (Å²) in [6, 6.07) is 6.77. The molecule has 17 heavy (non-hydrogen) atoms. The number of rotatable bonds is 3. The number of hydrogen-bond donors (Lipinski definition) is 1. The Hall–Kier alpha value is -1.22. The van der Waals surface area contributed by atoms with E-state index in [1.54, 1.807) is 14.2 Å². The van der Waals surface area contributed by atoms with Crippen molar-refractivity contribution in [3.05, 3.63) is 23.8 Å². The molecule has 1 aliphatic rings. The summed E-state index contributed by atoms with van der Waals surface area (Å²) in [6.07, 6.45) is 2.36. The second kappa shape index (κ2) is 5.41. The summed E-state index contributed by atoms with van der Waals surface area (Å²) >= 11 is 0. The van der Waals surface area contributed by atoms with Gasteiger partial charge in [-0.05, 0) is 49.9 Å². The molecule has 2 unspecified atom stereocenters. The molecular weight excluding hydrogens is 214 g/mol. The van der Waals surface area contributed by atoms with E-state index in [9.17, 15) is 0 Å². The summed E-state index contributed by atoms with van der Waals surface area (Å²) in [4.78, 5) is 0. The number of methoxy groups -OCH3 is 2. The first-order chi connectivity index (χ1) is 8.22. The Morgan fingerprint density at radius 2 is 1.76 bits per heavy atom. The van der Waals surface area contributed by atoms with Crippen molar-refractivity contribution < 1.29 is 9.47 Å². The number of benzene rings is 1. The summed E-state index contributed by atoms with van der Waals surface area (Å²) < 4.78 is 10.6. The molecule has 3 nitrogen and oxygen atoms in total. The van der Waals surface area contributed by atoms with Crippen LogP contribution in [0.25, 0.3) is 0 Å². The van der Waals surface area contributed by atoms with Gasteiger partial charge in [0, 0.05) is 12.1 Å². The third-order valence-electron chi connectivity index (χ3n) is 3.47. The van der Waals surface area contributed by atoms with Crippen LogP contribution in [-0.4, -0.2) is 26.8 Å². The van der Waals surface area contributed by atoms with Gasteiger partial charge in [-0.1, -0.05) is 0 Å². The van der Waals surface area contributed by atoms with E-state index in [-0.39, 0.29) is 0 Å². The lowest BCUT2D eigenvalue weighted by molar-refractivity contribution is 0.371. The van der Waals surface area contributed by atoms with E-state index in [1.165, 1.54) is 18.4 Å². The number of nitrogens with one attached hydrogen (secondary N) is 1. The molecule has 94 valence electrons. The van der Waals surface area contributed by atoms with Crippen LogP contribution in [0.15, 0.2) is 18.2 Å². The molecule has 0 radical (unpaired) electrons. The number of ether oxygens (including phenoxy) is 2. The van der Waals surface area contributed by atoms with Gasteiger partial charge in [0.25, 0.3) is 0 Å². The fraction of sp³-hybridized carbons (Fsp3) is 0.571. The van der Waals surface area contributed by atoms with Crippen LogP contribution in [0.3, 0.4) is 0 Å². The fourth-order valence-electron chi connectivity index (χ4n) is 2.50. The van der Waals surface area contributed by atoms with Crippen molar-refractivity contribution in [1.29, 1.82) is 0 Å². The van der Waals surface area contributed by atoms with Crippen LogP contribution < -0.4 is 14.8 Å². The highest BCUT2D eigenvalue weighted by Gasteiger charge is 2.20. The van der Waals surface area contributed by atoms with Gasteiger partial charge in [0.05, 0.1) is 14.2 Å². The lowest BCUT2D eigenvalue weighted by atomic mass is 9.87. The first-order valence-corrected chi connectivity index (χ1v) is 6.19. The average Bonchev–Trinajstić information content (AvgIpc) is 2.38. The Morgan fingerprint density at radius 3 is 2.29 bits per heavy atom. The smallest absolute Gasteiger partial charge is 0.122 e. The van der Waals surface area contributed by atoms with Crippen LogP contribution in [0.1, 0.15) is 31.2 Å². The van der Waals surface area contributed by atoms with Crippen molar-refractivity contribution in [2.24, 2.45) is 0 Å².